The van der Waals surface area contributed by atoms with Crippen molar-refractivity contribution in [1.29, 1.82) is 0 Å². The molecule has 17 atom stereocenters. The minimum absolute atomic E-state index is 0.235. The molecule has 19 heteroatoms. The lowest BCUT2D eigenvalue weighted by Crippen LogP contribution is -2.66. The summed E-state index contributed by atoms with van der Waals surface area (Å²) >= 11 is 0. The molecule has 0 spiro atoms. The van der Waals surface area contributed by atoms with Gasteiger partial charge in [-0.2, -0.15) is 0 Å². The van der Waals surface area contributed by atoms with Crippen LogP contribution in [-0.4, -0.2) is 193 Å². The summed E-state index contributed by atoms with van der Waals surface area (Å²) in [6.07, 6.45) is 17.0. The molecule has 12 N–H and O–H groups in total. The third kappa shape index (κ3) is 26.2. The molecule has 450 valence electrons. The number of amides is 1. The molecular weight excluding hydrogens is 999 g/mol. The van der Waals surface area contributed by atoms with E-state index in [-0.39, 0.29) is 18.9 Å². The van der Waals surface area contributed by atoms with Crippen LogP contribution in [0.3, 0.4) is 0 Å². The van der Waals surface area contributed by atoms with Gasteiger partial charge in [0.2, 0.25) is 5.91 Å². The van der Waals surface area contributed by atoms with Gasteiger partial charge in [0.1, 0.15) is 73.2 Å². The maximum Gasteiger partial charge on any atom is 0.220 e. The van der Waals surface area contributed by atoms with Gasteiger partial charge in [0.05, 0.1) is 38.6 Å². The molecule has 0 bridgehead atoms. The van der Waals surface area contributed by atoms with Gasteiger partial charge in [0, 0.05) is 6.42 Å². The molecule has 0 aliphatic carbocycles. The Hall–Kier alpha value is -1.99. The van der Waals surface area contributed by atoms with E-state index in [2.05, 4.69) is 43.5 Å². The zero-order valence-corrected chi connectivity index (χ0v) is 46.7. The van der Waals surface area contributed by atoms with Gasteiger partial charge in [-0.1, -0.05) is 179 Å². The van der Waals surface area contributed by atoms with Crippen LogP contribution in [-0.2, 0) is 33.2 Å². The predicted octanol–water partition coefficient (Wildman–Crippen LogP) is 4.93. The summed E-state index contributed by atoms with van der Waals surface area (Å²) < 4.78 is 34.2. The third-order valence-electron chi connectivity index (χ3n) is 14.9. The molecule has 3 heterocycles. The molecular formula is C58H105NO18. The van der Waals surface area contributed by atoms with Crippen LogP contribution in [0.1, 0.15) is 194 Å². The van der Waals surface area contributed by atoms with Crippen molar-refractivity contribution in [3.63, 3.8) is 0 Å². The monoisotopic (exact) mass is 1100 g/mol. The zero-order valence-electron chi connectivity index (χ0n) is 46.7. The number of rotatable bonds is 43. The van der Waals surface area contributed by atoms with Gasteiger partial charge < -0.3 is 89.9 Å². The maximum atomic E-state index is 13.3. The summed E-state index contributed by atoms with van der Waals surface area (Å²) in [5, 5.41) is 120. The Balaban J connectivity index is 1.53. The second-order valence-corrected chi connectivity index (χ2v) is 21.4. The average molecular weight is 1100 g/mol. The van der Waals surface area contributed by atoms with Crippen LogP contribution in [0.25, 0.3) is 0 Å². The van der Waals surface area contributed by atoms with Gasteiger partial charge in [-0.25, -0.2) is 0 Å². The molecule has 0 saturated carbocycles. The fourth-order valence-corrected chi connectivity index (χ4v) is 9.99. The minimum Gasteiger partial charge on any atom is -0.394 e. The second-order valence-electron chi connectivity index (χ2n) is 21.4. The van der Waals surface area contributed by atoms with Crippen LogP contribution in [0, 0.1) is 0 Å². The summed E-state index contributed by atoms with van der Waals surface area (Å²) in [5.41, 5.74) is 0. The number of hydrogen-bond acceptors (Lipinski definition) is 18. The molecule has 77 heavy (non-hydrogen) atoms. The standard InChI is InChI=1S/C58H105NO18/c1-3-5-7-9-11-13-15-17-19-20-21-22-23-25-27-29-31-33-35-42(63)41(59-46(64)36-34-32-30-28-26-24-18-16-14-12-10-8-6-4-2)40-72-56-52(70)49(67)54(44(38-61)74-56)77-58-53(71)50(68)55(45(39-62)75-58)76-57-51(69)48(66)47(65)43(37-60)73-57/h20-21,25,27,33,35,41-45,47-58,60-63,65-71H,3-19,22-24,26,28-32,34,36-40H2,1-2H3,(H,59,64)/b21-20+,27-25+,35-33+. The molecule has 0 aromatic heterocycles. The summed E-state index contributed by atoms with van der Waals surface area (Å²) in [6.45, 7) is 1.68. The number of carbonyl (C=O) groups is 1. The van der Waals surface area contributed by atoms with Gasteiger partial charge in [0.15, 0.2) is 18.9 Å². The smallest absolute Gasteiger partial charge is 0.220 e. The molecule has 3 rings (SSSR count). The molecule has 3 aliphatic heterocycles. The zero-order chi connectivity index (χ0) is 56.2. The lowest BCUT2D eigenvalue weighted by Gasteiger charge is -2.48. The fourth-order valence-electron chi connectivity index (χ4n) is 9.99. The van der Waals surface area contributed by atoms with E-state index in [4.69, 9.17) is 28.4 Å². The first kappa shape index (κ1) is 69.3. The van der Waals surface area contributed by atoms with E-state index in [1.165, 1.54) is 116 Å². The third-order valence-corrected chi connectivity index (χ3v) is 14.9. The van der Waals surface area contributed by atoms with Crippen LogP contribution >= 0.6 is 0 Å². The number of aliphatic hydroxyl groups excluding tert-OH is 11. The van der Waals surface area contributed by atoms with Crippen molar-refractivity contribution in [2.45, 2.75) is 298 Å². The molecule has 3 aliphatic rings. The lowest BCUT2D eigenvalue weighted by atomic mass is 9.96. The Labute approximate surface area is 460 Å². The average Bonchev–Trinajstić information content (AvgIpc) is 3.43. The van der Waals surface area contributed by atoms with Gasteiger partial charge in [-0.05, 0) is 44.9 Å². The van der Waals surface area contributed by atoms with Crippen molar-refractivity contribution < 1.29 is 89.4 Å². The number of nitrogens with one attached hydrogen (secondary N) is 1. The Morgan fingerprint density at radius 2 is 0.831 bits per heavy atom. The van der Waals surface area contributed by atoms with Crippen molar-refractivity contribution in [3.05, 3.63) is 36.5 Å². The molecule has 0 aromatic rings. The summed E-state index contributed by atoms with van der Waals surface area (Å²) in [6, 6.07) is -0.992. The largest absolute Gasteiger partial charge is 0.394 e. The molecule has 19 nitrogen and oxygen atoms in total. The Morgan fingerprint density at radius 3 is 1.30 bits per heavy atom. The van der Waals surface area contributed by atoms with Crippen molar-refractivity contribution >= 4 is 5.91 Å². The number of unbranched alkanes of at least 4 members (excludes halogenated alkanes) is 23. The second kappa shape index (κ2) is 41.9. The fraction of sp³-hybridized carbons (Fsp3) is 0.879. The number of allylic oxidation sites excluding steroid dienone is 5. The van der Waals surface area contributed by atoms with Crippen molar-refractivity contribution in [1.82, 2.24) is 5.32 Å². The van der Waals surface area contributed by atoms with Crippen molar-refractivity contribution in [3.8, 4) is 0 Å². The first-order chi connectivity index (χ1) is 37.3. The van der Waals surface area contributed by atoms with Gasteiger partial charge in [0.25, 0.3) is 0 Å². The summed E-state index contributed by atoms with van der Waals surface area (Å²) in [4.78, 5) is 13.3. The Bertz CT molecular complexity index is 1550. The number of carbonyl (C=O) groups excluding carboxylic acids is 1. The number of aliphatic hydroxyl groups is 11. The van der Waals surface area contributed by atoms with Crippen LogP contribution in [0.2, 0.25) is 0 Å². The molecule has 1 amide bonds. The normalized spacial score (nSPS) is 30.9. The maximum absolute atomic E-state index is 13.3. The molecule has 3 fully saturated rings. The quantitative estimate of drug-likeness (QED) is 0.0285. The Morgan fingerprint density at radius 1 is 0.455 bits per heavy atom. The summed E-state index contributed by atoms with van der Waals surface area (Å²) in [5.74, 6) is -0.290. The van der Waals surface area contributed by atoms with Crippen LogP contribution in [0.5, 0.6) is 0 Å². The highest BCUT2D eigenvalue weighted by atomic mass is 16.8. The highest BCUT2D eigenvalue weighted by Crippen LogP contribution is 2.33. The first-order valence-electron chi connectivity index (χ1n) is 29.7. The van der Waals surface area contributed by atoms with Crippen LogP contribution in [0.15, 0.2) is 36.5 Å². The topological polar surface area (TPSA) is 307 Å². The van der Waals surface area contributed by atoms with Gasteiger partial charge >= 0.3 is 0 Å². The molecule has 17 unspecified atom stereocenters. The van der Waals surface area contributed by atoms with E-state index >= 15 is 0 Å². The highest BCUT2D eigenvalue weighted by Gasteiger charge is 2.53. The van der Waals surface area contributed by atoms with Crippen molar-refractivity contribution in [2.75, 3.05) is 26.4 Å². The van der Waals surface area contributed by atoms with E-state index in [1.54, 1.807) is 6.08 Å². The number of ether oxygens (including phenoxy) is 6. The predicted molar refractivity (Wildman–Crippen MR) is 291 cm³/mol. The lowest BCUT2D eigenvalue weighted by molar-refractivity contribution is -0.379. The SMILES string of the molecule is CCCCCCCCCC/C=C/CC/C=C/CC/C=C/C(O)C(COC1OC(CO)C(OC2OC(CO)C(OC3OC(CO)C(O)C(O)C3O)C(O)C2O)C(O)C1O)NC(=O)CCCCCCCCCCCCCCCC. The number of hydrogen-bond donors (Lipinski definition) is 12. The first-order valence-corrected chi connectivity index (χ1v) is 29.7. The van der Waals surface area contributed by atoms with Gasteiger partial charge in [-0.3, -0.25) is 4.79 Å². The summed E-state index contributed by atoms with van der Waals surface area (Å²) in [7, 11) is 0. The highest BCUT2D eigenvalue weighted by molar-refractivity contribution is 5.76. The van der Waals surface area contributed by atoms with Gasteiger partial charge in [-0.15, -0.1) is 0 Å². The molecule has 0 aromatic carbocycles. The van der Waals surface area contributed by atoms with E-state index in [1.807, 2.05) is 6.08 Å². The molecule has 0 radical (unpaired) electrons. The van der Waals surface area contributed by atoms with E-state index < -0.39 is 124 Å². The van der Waals surface area contributed by atoms with E-state index in [9.17, 15) is 61.0 Å². The van der Waals surface area contributed by atoms with Crippen molar-refractivity contribution in [2.24, 2.45) is 0 Å². The Kier molecular flexibility index (Phi) is 37.7. The molecule has 3 saturated heterocycles. The van der Waals surface area contributed by atoms with Crippen LogP contribution < -0.4 is 5.32 Å². The van der Waals surface area contributed by atoms with Crippen LogP contribution in [0.4, 0.5) is 0 Å². The van der Waals surface area contributed by atoms with E-state index in [0.717, 1.165) is 44.9 Å². The van der Waals surface area contributed by atoms with E-state index in [0.29, 0.717) is 12.8 Å². The minimum atomic E-state index is -1.98.